The van der Waals surface area contributed by atoms with Crippen molar-refractivity contribution in [2.75, 3.05) is 11.9 Å². The lowest BCUT2D eigenvalue weighted by Gasteiger charge is -2.14. The van der Waals surface area contributed by atoms with Crippen molar-refractivity contribution in [3.63, 3.8) is 0 Å². The molecule has 0 aliphatic carbocycles. The number of carbonyl (C=O) groups excluding carboxylic acids is 1. The molecule has 4 nitrogen and oxygen atoms in total. The smallest absolute Gasteiger partial charge is 0.431 e. The van der Waals surface area contributed by atoms with Crippen molar-refractivity contribution in [3.8, 4) is 0 Å². The van der Waals surface area contributed by atoms with Gasteiger partial charge in [0.05, 0.1) is 12.7 Å². The Kier molecular flexibility index (Phi) is 4.91. The van der Waals surface area contributed by atoms with Gasteiger partial charge in [-0.15, -0.1) is 0 Å². The van der Waals surface area contributed by atoms with Crippen molar-refractivity contribution in [1.29, 1.82) is 0 Å². The summed E-state index contributed by atoms with van der Waals surface area (Å²) in [5.41, 5.74) is 2.06. The number of esters is 1. The van der Waals surface area contributed by atoms with E-state index in [0.29, 0.717) is 6.08 Å². The summed E-state index contributed by atoms with van der Waals surface area (Å²) in [5.74, 6) is -1.04. The third kappa shape index (κ3) is 3.55. The molecule has 1 N–H and O–H groups in total. The van der Waals surface area contributed by atoms with E-state index in [-0.39, 0.29) is 12.3 Å². The van der Waals surface area contributed by atoms with Gasteiger partial charge in [-0.05, 0) is 44.5 Å². The molecule has 0 atom stereocenters. The molecule has 0 aliphatic heterocycles. The molecule has 2 aromatic rings. The van der Waals surface area contributed by atoms with Crippen LogP contribution in [0.15, 0.2) is 30.0 Å². The molecule has 7 heteroatoms. The molecule has 0 bridgehead atoms. The van der Waals surface area contributed by atoms with E-state index in [2.05, 4.69) is 10.1 Å². The average Bonchev–Trinajstić information content (AvgIpc) is 2.71. The average molecular weight is 340 g/mol. The monoisotopic (exact) mass is 340 g/mol. The number of halogens is 3. The summed E-state index contributed by atoms with van der Waals surface area (Å²) in [5, 5.41) is 3.14. The van der Waals surface area contributed by atoms with Crippen molar-refractivity contribution in [2.24, 2.45) is 7.05 Å². The van der Waals surface area contributed by atoms with Crippen molar-refractivity contribution in [2.45, 2.75) is 26.9 Å². The Bertz CT molecular complexity index is 804. The van der Waals surface area contributed by atoms with Gasteiger partial charge in [0, 0.05) is 29.3 Å². The van der Waals surface area contributed by atoms with E-state index in [1.807, 2.05) is 25.5 Å². The fourth-order valence-corrected chi connectivity index (χ4v) is 2.48. The van der Waals surface area contributed by atoms with Crippen LogP contribution < -0.4 is 5.32 Å². The van der Waals surface area contributed by atoms with Gasteiger partial charge in [-0.2, -0.15) is 13.2 Å². The lowest BCUT2D eigenvalue weighted by atomic mass is 10.1. The number of hydrogen-bond acceptors (Lipinski definition) is 3. The second-order valence-corrected chi connectivity index (χ2v) is 5.43. The van der Waals surface area contributed by atoms with Crippen molar-refractivity contribution < 1.29 is 22.7 Å². The van der Waals surface area contributed by atoms with Crippen LogP contribution in [0, 0.1) is 13.8 Å². The summed E-state index contributed by atoms with van der Waals surface area (Å²) in [6, 6.07) is 4.93. The Morgan fingerprint density at radius 2 is 2.00 bits per heavy atom. The summed E-state index contributed by atoms with van der Waals surface area (Å²) in [4.78, 5) is 11.4. The second kappa shape index (κ2) is 6.59. The number of aryl methyl sites for hydroxylation is 2. The first kappa shape index (κ1) is 17.9. The highest BCUT2D eigenvalue weighted by Gasteiger charge is 2.35. The van der Waals surface area contributed by atoms with Crippen molar-refractivity contribution in [3.05, 3.63) is 41.2 Å². The second-order valence-electron chi connectivity index (χ2n) is 5.43. The first-order chi connectivity index (χ1) is 11.1. The highest BCUT2D eigenvalue weighted by atomic mass is 19.4. The number of anilines is 1. The van der Waals surface area contributed by atoms with Gasteiger partial charge in [0.2, 0.25) is 0 Å². The predicted molar refractivity (Wildman–Crippen MR) is 86.8 cm³/mol. The van der Waals surface area contributed by atoms with E-state index in [1.54, 1.807) is 18.2 Å². The number of fused-ring (bicyclic) bond motifs is 1. The molecule has 0 saturated heterocycles. The molecule has 0 radical (unpaired) electrons. The van der Waals surface area contributed by atoms with Gasteiger partial charge in [-0.3, -0.25) is 0 Å². The minimum atomic E-state index is -4.69. The largest absolute Gasteiger partial charge is 0.463 e. The third-order valence-electron chi connectivity index (χ3n) is 3.94. The molecule has 1 heterocycles. The van der Waals surface area contributed by atoms with Gasteiger partial charge >= 0.3 is 12.1 Å². The lowest BCUT2D eigenvalue weighted by Crippen LogP contribution is -2.21. The number of rotatable bonds is 4. The van der Waals surface area contributed by atoms with Crippen LogP contribution in [0.5, 0.6) is 0 Å². The van der Waals surface area contributed by atoms with Crippen LogP contribution in [0.1, 0.15) is 18.2 Å². The van der Waals surface area contributed by atoms with Gasteiger partial charge in [-0.25, -0.2) is 4.79 Å². The van der Waals surface area contributed by atoms with Gasteiger partial charge < -0.3 is 14.6 Å². The van der Waals surface area contributed by atoms with E-state index >= 15 is 0 Å². The Morgan fingerprint density at radius 1 is 1.33 bits per heavy atom. The summed E-state index contributed by atoms with van der Waals surface area (Å²) >= 11 is 0. The minimum absolute atomic E-state index is 0.00885. The molecule has 130 valence electrons. The maximum Gasteiger partial charge on any atom is 0.431 e. The fourth-order valence-electron chi connectivity index (χ4n) is 2.48. The fraction of sp³-hybridized carbons (Fsp3) is 0.353. The Morgan fingerprint density at radius 3 is 2.58 bits per heavy atom. The molecular formula is C17H19F3N2O2. The van der Waals surface area contributed by atoms with E-state index < -0.39 is 17.8 Å². The lowest BCUT2D eigenvalue weighted by molar-refractivity contribution is -0.138. The number of nitrogens with zero attached hydrogens (tertiary/aromatic N) is 1. The highest BCUT2D eigenvalue weighted by Crippen LogP contribution is 2.31. The number of alkyl halides is 3. The first-order valence-electron chi connectivity index (χ1n) is 7.43. The normalized spacial score (nSPS) is 12.5. The third-order valence-corrected chi connectivity index (χ3v) is 3.94. The molecule has 0 amide bonds. The summed E-state index contributed by atoms with van der Waals surface area (Å²) < 4.78 is 45.9. The van der Waals surface area contributed by atoms with Crippen LogP contribution in [-0.4, -0.2) is 23.3 Å². The Balaban J connectivity index is 2.41. The zero-order valence-corrected chi connectivity index (χ0v) is 13.9. The molecule has 0 aliphatic rings. The van der Waals surface area contributed by atoms with Crippen molar-refractivity contribution in [1.82, 2.24) is 4.57 Å². The number of nitrogens with one attached hydrogen (secondary N) is 1. The van der Waals surface area contributed by atoms with Crippen LogP contribution in [0.3, 0.4) is 0 Å². The zero-order chi connectivity index (χ0) is 18.1. The molecule has 1 aromatic heterocycles. The molecular weight excluding hydrogens is 321 g/mol. The van der Waals surface area contributed by atoms with Crippen LogP contribution in [-0.2, 0) is 16.6 Å². The van der Waals surface area contributed by atoms with Gasteiger partial charge in [0.15, 0.2) is 0 Å². The molecule has 0 saturated carbocycles. The molecule has 0 unspecified atom stereocenters. The quantitative estimate of drug-likeness (QED) is 0.669. The first-order valence-corrected chi connectivity index (χ1v) is 7.43. The summed E-state index contributed by atoms with van der Waals surface area (Å²) in [6.07, 6.45) is -4.26. The number of aromatic nitrogens is 1. The maximum absolute atomic E-state index is 13.1. The maximum atomic E-state index is 13.1. The van der Waals surface area contributed by atoms with E-state index in [0.717, 1.165) is 22.2 Å². The number of carbonyl (C=O) groups is 1. The molecule has 0 fully saturated rings. The summed E-state index contributed by atoms with van der Waals surface area (Å²) in [6.45, 7) is 5.40. The van der Waals surface area contributed by atoms with Gasteiger partial charge in [0.25, 0.3) is 0 Å². The Hall–Kier alpha value is -2.44. The van der Waals surface area contributed by atoms with E-state index in [1.165, 1.54) is 6.92 Å². The van der Waals surface area contributed by atoms with Crippen LogP contribution in [0.4, 0.5) is 18.9 Å². The number of hydrogen-bond donors (Lipinski definition) is 1. The molecule has 0 spiro atoms. The predicted octanol–water partition coefficient (Wildman–Crippen LogP) is 4.22. The Labute approximate surface area is 137 Å². The van der Waals surface area contributed by atoms with Crippen LogP contribution >= 0.6 is 0 Å². The number of ether oxygens (including phenoxy) is 1. The molecule has 24 heavy (non-hydrogen) atoms. The van der Waals surface area contributed by atoms with E-state index in [4.69, 9.17) is 0 Å². The number of benzene rings is 1. The van der Waals surface area contributed by atoms with E-state index in [9.17, 15) is 18.0 Å². The SMILES string of the molecule is CCOC(=O)/C=C(/Nc1ccc2c(c1)c(C)c(C)n2C)C(F)(F)F. The van der Waals surface area contributed by atoms with Crippen LogP contribution in [0.25, 0.3) is 10.9 Å². The van der Waals surface area contributed by atoms with Gasteiger partial charge in [-0.1, -0.05) is 0 Å². The highest BCUT2D eigenvalue weighted by molar-refractivity contribution is 5.89. The van der Waals surface area contributed by atoms with Crippen LogP contribution in [0.2, 0.25) is 0 Å². The number of allylic oxidation sites excluding steroid dienone is 1. The van der Waals surface area contributed by atoms with Crippen molar-refractivity contribution >= 4 is 22.6 Å². The summed E-state index contributed by atoms with van der Waals surface area (Å²) in [7, 11) is 1.90. The molecule has 2 rings (SSSR count). The topological polar surface area (TPSA) is 43.3 Å². The molecule has 1 aromatic carbocycles. The minimum Gasteiger partial charge on any atom is -0.463 e. The van der Waals surface area contributed by atoms with Gasteiger partial charge in [0.1, 0.15) is 5.70 Å². The zero-order valence-electron chi connectivity index (χ0n) is 13.9. The standard InChI is InChI=1S/C17H19F3N2O2/c1-5-24-16(23)9-15(17(18,19)20)21-12-6-7-14-13(8-12)10(2)11(3)22(14)4/h6-9,21H,5H2,1-4H3/b15-9+.